The first-order valence-corrected chi connectivity index (χ1v) is 6.15. The molecule has 0 saturated heterocycles. The number of hydrogen-bond donors (Lipinski definition) is 1. The maximum Gasteiger partial charge on any atom is 0.276 e. The van der Waals surface area contributed by atoms with Gasteiger partial charge in [-0.1, -0.05) is 23.4 Å². The van der Waals surface area contributed by atoms with Crippen molar-refractivity contribution in [1.82, 2.24) is 10.1 Å². The van der Waals surface area contributed by atoms with Crippen LogP contribution in [0.5, 0.6) is 0 Å². The van der Waals surface area contributed by atoms with Crippen molar-refractivity contribution in [1.29, 1.82) is 0 Å². The largest absolute Gasteiger partial charge is 0.398 e. The average Bonchev–Trinajstić information content (AvgIpc) is 2.89. The van der Waals surface area contributed by atoms with Gasteiger partial charge in [-0.15, -0.1) is 0 Å². The smallest absolute Gasteiger partial charge is 0.276 e. The zero-order chi connectivity index (χ0) is 14.5. The van der Waals surface area contributed by atoms with Crippen LogP contribution < -0.4 is 5.73 Å². The van der Waals surface area contributed by atoms with Gasteiger partial charge in [0.1, 0.15) is 6.61 Å². The van der Waals surface area contributed by atoms with Crippen molar-refractivity contribution in [2.45, 2.75) is 13.2 Å². The molecule has 1 heterocycles. The van der Waals surface area contributed by atoms with Gasteiger partial charge in [0.05, 0.1) is 0 Å². The van der Waals surface area contributed by atoms with Crippen LogP contribution in [0.25, 0.3) is 0 Å². The van der Waals surface area contributed by atoms with E-state index in [1.165, 1.54) is 0 Å². The number of methoxy groups -OCH3 is 1. The minimum Gasteiger partial charge on any atom is -0.398 e. The monoisotopic (exact) mass is 275 g/mol. The van der Waals surface area contributed by atoms with E-state index in [0.717, 1.165) is 5.56 Å². The minimum absolute atomic E-state index is 0.223. The van der Waals surface area contributed by atoms with Crippen LogP contribution in [0.15, 0.2) is 34.9 Å². The van der Waals surface area contributed by atoms with Gasteiger partial charge in [-0.05, 0) is 11.6 Å². The third-order valence-electron chi connectivity index (χ3n) is 2.87. The summed E-state index contributed by atoms with van der Waals surface area (Å²) in [6.07, 6.45) is 0. The maximum absolute atomic E-state index is 12.2. The number of amides is 1. The number of aromatic nitrogens is 1. The predicted molar refractivity (Wildman–Crippen MR) is 73.9 cm³/mol. The van der Waals surface area contributed by atoms with Crippen LogP contribution in [-0.4, -0.2) is 30.1 Å². The Morgan fingerprint density at radius 3 is 2.90 bits per heavy atom. The number of hydrogen-bond acceptors (Lipinski definition) is 5. The van der Waals surface area contributed by atoms with Crippen LogP contribution in [0.1, 0.15) is 21.8 Å². The Balaban J connectivity index is 2.06. The molecule has 0 bridgehead atoms. The molecule has 2 rings (SSSR count). The van der Waals surface area contributed by atoms with Crippen LogP contribution in [0.2, 0.25) is 0 Å². The lowest BCUT2D eigenvalue weighted by molar-refractivity contribution is 0.0774. The summed E-state index contributed by atoms with van der Waals surface area (Å²) in [4.78, 5) is 13.7. The van der Waals surface area contributed by atoms with Gasteiger partial charge in [0.15, 0.2) is 11.5 Å². The topological polar surface area (TPSA) is 81.6 Å². The fourth-order valence-corrected chi connectivity index (χ4v) is 1.83. The molecule has 1 aromatic heterocycles. The molecule has 2 aromatic rings. The molecule has 1 aromatic carbocycles. The van der Waals surface area contributed by atoms with Gasteiger partial charge in [-0.3, -0.25) is 4.79 Å². The quantitative estimate of drug-likeness (QED) is 0.839. The summed E-state index contributed by atoms with van der Waals surface area (Å²) in [6, 6.07) is 9.02. The fraction of sp³-hybridized carbons (Fsp3) is 0.286. The fourth-order valence-electron chi connectivity index (χ4n) is 1.83. The zero-order valence-corrected chi connectivity index (χ0v) is 11.5. The maximum atomic E-state index is 12.2. The highest BCUT2D eigenvalue weighted by atomic mass is 16.5. The molecule has 20 heavy (non-hydrogen) atoms. The van der Waals surface area contributed by atoms with E-state index in [2.05, 4.69) is 5.16 Å². The molecule has 6 heteroatoms. The molecule has 0 atom stereocenters. The van der Waals surface area contributed by atoms with Gasteiger partial charge in [0, 0.05) is 32.5 Å². The number of ether oxygens (including phenoxy) is 1. The highest BCUT2D eigenvalue weighted by Gasteiger charge is 2.17. The first-order valence-electron chi connectivity index (χ1n) is 6.15. The lowest BCUT2D eigenvalue weighted by Crippen LogP contribution is -2.26. The average molecular weight is 275 g/mol. The number of anilines is 1. The van der Waals surface area contributed by atoms with Gasteiger partial charge < -0.3 is 19.9 Å². The van der Waals surface area contributed by atoms with Crippen LogP contribution in [0.4, 0.5) is 5.69 Å². The molecule has 106 valence electrons. The van der Waals surface area contributed by atoms with E-state index in [0.29, 0.717) is 18.0 Å². The second-order valence-corrected chi connectivity index (χ2v) is 4.47. The second-order valence-electron chi connectivity index (χ2n) is 4.47. The van der Waals surface area contributed by atoms with Crippen LogP contribution in [0, 0.1) is 0 Å². The van der Waals surface area contributed by atoms with Crippen molar-refractivity contribution in [2.75, 3.05) is 19.9 Å². The summed E-state index contributed by atoms with van der Waals surface area (Å²) in [5.74, 6) is 0.294. The Kier molecular flexibility index (Phi) is 4.37. The number of carbonyl (C=O) groups excluding carboxylic acids is 1. The number of benzene rings is 1. The third kappa shape index (κ3) is 3.16. The zero-order valence-electron chi connectivity index (χ0n) is 11.5. The lowest BCUT2D eigenvalue weighted by atomic mass is 10.1. The van der Waals surface area contributed by atoms with Crippen LogP contribution in [0.3, 0.4) is 0 Å². The van der Waals surface area contributed by atoms with Gasteiger partial charge in [-0.25, -0.2) is 0 Å². The summed E-state index contributed by atoms with van der Waals surface area (Å²) in [5, 5.41) is 3.74. The van der Waals surface area contributed by atoms with Crippen molar-refractivity contribution < 1.29 is 14.1 Å². The van der Waals surface area contributed by atoms with Gasteiger partial charge >= 0.3 is 0 Å². The van der Waals surface area contributed by atoms with Crippen molar-refractivity contribution >= 4 is 11.6 Å². The molecular weight excluding hydrogens is 258 g/mol. The molecule has 0 unspecified atom stereocenters. The lowest BCUT2D eigenvalue weighted by Gasteiger charge is -2.16. The molecule has 0 aliphatic rings. The number of rotatable bonds is 5. The van der Waals surface area contributed by atoms with Gasteiger partial charge in [0.25, 0.3) is 5.91 Å². The predicted octanol–water partition coefficient (Wildman–Crippen LogP) is 1.68. The Hall–Kier alpha value is -2.34. The molecular formula is C14H17N3O3. The van der Waals surface area contributed by atoms with Crippen molar-refractivity contribution in [2.24, 2.45) is 0 Å². The highest BCUT2D eigenvalue weighted by molar-refractivity contribution is 5.92. The van der Waals surface area contributed by atoms with Crippen LogP contribution in [-0.2, 0) is 17.9 Å². The van der Waals surface area contributed by atoms with E-state index in [4.69, 9.17) is 15.0 Å². The summed E-state index contributed by atoms with van der Waals surface area (Å²) in [7, 11) is 3.24. The molecule has 0 aliphatic heterocycles. The summed E-state index contributed by atoms with van der Waals surface area (Å²) < 4.78 is 9.92. The summed E-state index contributed by atoms with van der Waals surface area (Å²) in [5.41, 5.74) is 7.67. The molecule has 2 N–H and O–H groups in total. The van der Waals surface area contributed by atoms with Crippen LogP contribution >= 0.6 is 0 Å². The number of nitrogen functional groups attached to an aromatic ring is 1. The normalized spacial score (nSPS) is 10.5. The first kappa shape index (κ1) is 14.1. The van der Waals surface area contributed by atoms with Gasteiger partial charge in [0.2, 0.25) is 0 Å². The molecule has 0 spiro atoms. The van der Waals surface area contributed by atoms with E-state index in [1.54, 1.807) is 31.2 Å². The Bertz CT molecular complexity index is 595. The third-order valence-corrected chi connectivity index (χ3v) is 2.87. The second kappa shape index (κ2) is 6.21. The molecule has 0 fully saturated rings. The van der Waals surface area contributed by atoms with E-state index in [1.807, 2.05) is 18.2 Å². The Morgan fingerprint density at radius 2 is 2.20 bits per heavy atom. The van der Waals surface area contributed by atoms with E-state index in [-0.39, 0.29) is 18.2 Å². The van der Waals surface area contributed by atoms with Crippen molar-refractivity contribution in [3.05, 3.63) is 47.3 Å². The molecule has 6 nitrogen and oxygen atoms in total. The molecule has 0 aliphatic carbocycles. The van der Waals surface area contributed by atoms with Crippen molar-refractivity contribution in [3.63, 3.8) is 0 Å². The number of nitrogens with zero attached hydrogens (tertiary/aromatic N) is 2. The summed E-state index contributed by atoms with van der Waals surface area (Å²) in [6.45, 7) is 0.702. The molecule has 1 amide bonds. The number of carbonyl (C=O) groups is 1. The number of nitrogens with two attached hydrogens (primary N) is 1. The van der Waals surface area contributed by atoms with Gasteiger partial charge in [-0.2, -0.15) is 0 Å². The minimum atomic E-state index is -0.223. The molecule has 0 radical (unpaired) electrons. The van der Waals surface area contributed by atoms with E-state index in [9.17, 15) is 4.79 Å². The van der Waals surface area contributed by atoms with E-state index < -0.39 is 0 Å². The van der Waals surface area contributed by atoms with Crippen molar-refractivity contribution in [3.8, 4) is 0 Å². The standard InChI is InChI=1S/C14H17N3O3/c1-17(8-10-5-3-4-6-12(10)15)14(18)13-7-11(9-19-2)20-16-13/h3-7H,8-9,15H2,1-2H3. The Morgan fingerprint density at radius 1 is 1.45 bits per heavy atom. The summed E-state index contributed by atoms with van der Waals surface area (Å²) >= 11 is 0. The molecule has 0 saturated carbocycles. The first-order chi connectivity index (χ1) is 9.61. The van der Waals surface area contributed by atoms with E-state index >= 15 is 0 Å². The highest BCUT2D eigenvalue weighted by Crippen LogP contribution is 2.14. The number of para-hydroxylation sites is 1. The Labute approximate surface area is 117 Å². The SMILES string of the molecule is COCc1cc(C(=O)N(C)Cc2ccccc2N)no1.